The number of hydrogen-bond donors (Lipinski definition) is 2. The highest BCUT2D eigenvalue weighted by Crippen LogP contribution is 2.31. The maximum Gasteiger partial charge on any atom is 0.260 e. The Morgan fingerprint density at radius 2 is 1.76 bits per heavy atom. The summed E-state index contributed by atoms with van der Waals surface area (Å²) in [5.74, 6) is 0.326. The molecule has 0 bridgehead atoms. The highest BCUT2D eigenvalue weighted by atomic mass is 16.5. The molecule has 0 aliphatic carbocycles. The first kappa shape index (κ1) is 22.9. The van der Waals surface area contributed by atoms with Gasteiger partial charge in [-0.05, 0) is 60.5 Å². The molecular weight excluding hydrogens is 424 g/mol. The molecule has 6 heteroatoms. The Bertz CT molecular complexity index is 1300. The van der Waals surface area contributed by atoms with Gasteiger partial charge in [0.1, 0.15) is 5.75 Å². The Hall–Kier alpha value is -4.24. The second kappa shape index (κ2) is 10.1. The number of aromatic amines is 1. The van der Waals surface area contributed by atoms with Crippen LogP contribution >= 0.6 is 0 Å². The fourth-order valence-electron chi connectivity index (χ4n) is 4.01. The van der Waals surface area contributed by atoms with Crippen LogP contribution in [-0.2, 0) is 4.79 Å². The van der Waals surface area contributed by atoms with Crippen LogP contribution in [0.4, 0.5) is 5.69 Å². The molecule has 0 aliphatic rings. The summed E-state index contributed by atoms with van der Waals surface area (Å²) in [6, 6.07) is 25.4. The predicted octanol–water partition coefficient (Wildman–Crippen LogP) is 4.82. The standard InChI is InChI=1S/C28H28N4O2/c1-19(34-23-14-8-20(16-29)9-15-23)28(33)31-17-25(21-10-12-22(13-11-21)32(2)3)26-18-30-27-7-5-4-6-24(26)27/h4-15,18-19,25,30H,17H2,1-3H3,(H,31,33). The summed E-state index contributed by atoms with van der Waals surface area (Å²) >= 11 is 0. The summed E-state index contributed by atoms with van der Waals surface area (Å²) in [5.41, 5.74) is 4.99. The van der Waals surface area contributed by atoms with Gasteiger partial charge in [-0.2, -0.15) is 5.26 Å². The van der Waals surface area contributed by atoms with Gasteiger partial charge >= 0.3 is 0 Å². The first-order valence-electron chi connectivity index (χ1n) is 11.2. The van der Waals surface area contributed by atoms with Crippen molar-refractivity contribution in [2.24, 2.45) is 0 Å². The normalized spacial score (nSPS) is 12.5. The van der Waals surface area contributed by atoms with Crippen molar-refractivity contribution in [3.8, 4) is 11.8 Å². The zero-order valence-electron chi connectivity index (χ0n) is 19.6. The average Bonchev–Trinajstić information content (AvgIpc) is 3.29. The van der Waals surface area contributed by atoms with Gasteiger partial charge in [-0.3, -0.25) is 4.79 Å². The number of para-hydroxylation sites is 1. The fourth-order valence-corrected chi connectivity index (χ4v) is 4.01. The fraction of sp³-hybridized carbons (Fsp3) is 0.214. The monoisotopic (exact) mass is 452 g/mol. The van der Waals surface area contributed by atoms with E-state index in [1.807, 2.05) is 32.4 Å². The van der Waals surface area contributed by atoms with E-state index in [0.29, 0.717) is 17.9 Å². The lowest BCUT2D eigenvalue weighted by Crippen LogP contribution is -2.38. The third-order valence-electron chi connectivity index (χ3n) is 5.95. The second-order valence-corrected chi connectivity index (χ2v) is 8.47. The van der Waals surface area contributed by atoms with Crippen molar-refractivity contribution in [2.45, 2.75) is 18.9 Å². The molecule has 1 aromatic heterocycles. The largest absolute Gasteiger partial charge is 0.481 e. The number of hydrogen-bond acceptors (Lipinski definition) is 4. The van der Waals surface area contributed by atoms with Crippen LogP contribution in [0.5, 0.6) is 5.75 Å². The summed E-state index contributed by atoms with van der Waals surface area (Å²) in [4.78, 5) is 18.3. The van der Waals surface area contributed by atoms with Crippen LogP contribution < -0.4 is 15.0 Å². The summed E-state index contributed by atoms with van der Waals surface area (Å²) in [5, 5.41) is 13.2. The SMILES string of the molecule is CC(Oc1ccc(C#N)cc1)C(=O)NCC(c1ccc(N(C)C)cc1)c1c[nH]c2ccccc12. The first-order valence-corrected chi connectivity index (χ1v) is 11.2. The van der Waals surface area contributed by atoms with E-state index < -0.39 is 6.10 Å². The molecule has 4 rings (SSSR count). The minimum absolute atomic E-state index is 0.0292. The number of benzene rings is 3. The molecule has 0 fully saturated rings. The number of nitrogens with zero attached hydrogens (tertiary/aromatic N) is 2. The van der Waals surface area contributed by atoms with E-state index in [0.717, 1.165) is 27.7 Å². The van der Waals surface area contributed by atoms with Gasteiger partial charge in [0.15, 0.2) is 6.10 Å². The molecule has 2 atom stereocenters. The number of ether oxygens (including phenoxy) is 1. The summed E-state index contributed by atoms with van der Waals surface area (Å²) in [7, 11) is 4.03. The number of H-pyrrole nitrogens is 1. The molecule has 1 heterocycles. The molecular formula is C28H28N4O2. The number of carbonyl (C=O) groups excluding carboxylic acids is 1. The van der Waals surface area contributed by atoms with Crippen LogP contribution in [0, 0.1) is 11.3 Å². The van der Waals surface area contributed by atoms with Crippen LogP contribution in [0.25, 0.3) is 10.9 Å². The van der Waals surface area contributed by atoms with Crippen molar-refractivity contribution in [1.29, 1.82) is 5.26 Å². The Labute approximate surface area is 199 Å². The van der Waals surface area contributed by atoms with Crippen LogP contribution in [0.1, 0.15) is 29.5 Å². The van der Waals surface area contributed by atoms with Crippen molar-refractivity contribution in [1.82, 2.24) is 10.3 Å². The highest BCUT2D eigenvalue weighted by Gasteiger charge is 2.21. The van der Waals surface area contributed by atoms with Gasteiger partial charge < -0.3 is 19.9 Å². The molecule has 4 aromatic rings. The molecule has 0 radical (unpaired) electrons. The van der Waals surface area contributed by atoms with Crippen LogP contribution in [0.3, 0.4) is 0 Å². The Kier molecular flexibility index (Phi) is 6.84. The van der Waals surface area contributed by atoms with Crippen molar-refractivity contribution in [3.05, 3.63) is 95.7 Å². The zero-order chi connectivity index (χ0) is 24.1. The van der Waals surface area contributed by atoms with E-state index in [-0.39, 0.29) is 11.8 Å². The van der Waals surface area contributed by atoms with E-state index in [9.17, 15) is 4.79 Å². The molecule has 0 spiro atoms. The molecule has 0 saturated heterocycles. The van der Waals surface area contributed by atoms with Crippen molar-refractivity contribution < 1.29 is 9.53 Å². The minimum atomic E-state index is -0.673. The number of rotatable bonds is 8. The maximum absolute atomic E-state index is 12.9. The number of carbonyl (C=O) groups is 1. The molecule has 2 unspecified atom stereocenters. The number of fused-ring (bicyclic) bond motifs is 1. The predicted molar refractivity (Wildman–Crippen MR) is 135 cm³/mol. The number of aromatic nitrogens is 1. The average molecular weight is 453 g/mol. The zero-order valence-corrected chi connectivity index (χ0v) is 19.6. The lowest BCUT2D eigenvalue weighted by molar-refractivity contribution is -0.127. The van der Waals surface area contributed by atoms with E-state index in [1.54, 1.807) is 31.2 Å². The molecule has 3 aromatic carbocycles. The molecule has 0 saturated carbocycles. The molecule has 6 nitrogen and oxygen atoms in total. The Morgan fingerprint density at radius 1 is 1.06 bits per heavy atom. The number of anilines is 1. The van der Waals surface area contributed by atoms with Gasteiger partial charge in [-0.25, -0.2) is 0 Å². The minimum Gasteiger partial charge on any atom is -0.481 e. The van der Waals surface area contributed by atoms with Gasteiger partial charge in [0, 0.05) is 49.3 Å². The topological polar surface area (TPSA) is 81.2 Å². The van der Waals surface area contributed by atoms with Gasteiger partial charge in [0.25, 0.3) is 5.91 Å². The lowest BCUT2D eigenvalue weighted by Gasteiger charge is -2.21. The number of nitrogens with one attached hydrogen (secondary N) is 2. The molecule has 1 amide bonds. The maximum atomic E-state index is 12.9. The summed E-state index contributed by atoms with van der Waals surface area (Å²) in [6.07, 6.45) is 1.35. The van der Waals surface area contributed by atoms with E-state index in [2.05, 4.69) is 57.7 Å². The van der Waals surface area contributed by atoms with Gasteiger partial charge in [-0.15, -0.1) is 0 Å². The summed E-state index contributed by atoms with van der Waals surface area (Å²) in [6.45, 7) is 2.16. The third-order valence-corrected chi connectivity index (χ3v) is 5.95. The lowest BCUT2D eigenvalue weighted by atomic mass is 9.90. The molecule has 2 N–H and O–H groups in total. The quantitative estimate of drug-likeness (QED) is 0.402. The summed E-state index contributed by atoms with van der Waals surface area (Å²) < 4.78 is 5.78. The van der Waals surface area contributed by atoms with Crippen molar-refractivity contribution in [2.75, 3.05) is 25.5 Å². The van der Waals surface area contributed by atoms with Crippen LogP contribution in [0.2, 0.25) is 0 Å². The van der Waals surface area contributed by atoms with Crippen molar-refractivity contribution in [3.63, 3.8) is 0 Å². The van der Waals surface area contributed by atoms with Crippen LogP contribution in [-0.4, -0.2) is 37.6 Å². The first-order chi connectivity index (χ1) is 16.5. The van der Waals surface area contributed by atoms with E-state index in [4.69, 9.17) is 10.00 Å². The van der Waals surface area contributed by atoms with Gasteiger partial charge in [0.05, 0.1) is 11.6 Å². The van der Waals surface area contributed by atoms with E-state index >= 15 is 0 Å². The number of nitriles is 1. The van der Waals surface area contributed by atoms with E-state index in [1.165, 1.54) is 0 Å². The smallest absolute Gasteiger partial charge is 0.260 e. The molecule has 0 aliphatic heterocycles. The second-order valence-electron chi connectivity index (χ2n) is 8.47. The third kappa shape index (κ3) is 5.05. The Morgan fingerprint density at radius 3 is 2.44 bits per heavy atom. The molecule has 172 valence electrons. The van der Waals surface area contributed by atoms with Crippen LogP contribution in [0.15, 0.2) is 79.0 Å². The molecule has 34 heavy (non-hydrogen) atoms. The van der Waals surface area contributed by atoms with Crippen molar-refractivity contribution >= 4 is 22.5 Å². The Balaban J connectivity index is 1.53. The highest BCUT2D eigenvalue weighted by molar-refractivity contribution is 5.85. The van der Waals surface area contributed by atoms with Gasteiger partial charge in [0.2, 0.25) is 0 Å². The van der Waals surface area contributed by atoms with Gasteiger partial charge in [-0.1, -0.05) is 30.3 Å². The number of amides is 1.